The highest BCUT2D eigenvalue weighted by Gasteiger charge is 2.16. The number of carboxylic acids is 2. The second-order valence-corrected chi connectivity index (χ2v) is 3.25. The van der Waals surface area contributed by atoms with Gasteiger partial charge in [0.15, 0.2) is 0 Å². The quantitative estimate of drug-likeness (QED) is 0.453. The molecule has 0 aromatic rings. The molecule has 0 heterocycles. The van der Waals surface area contributed by atoms with Gasteiger partial charge in [-0.1, -0.05) is 27.5 Å². The Morgan fingerprint density at radius 2 is 1.58 bits per heavy atom. The third-order valence-electron chi connectivity index (χ3n) is 1.64. The molecule has 2 atom stereocenters. The Kier molecular flexibility index (Phi) is 25.3. The summed E-state index contributed by atoms with van der Waals surface area (Å²) in [6, 6.07) is 0. The van der Waals surface area contributed by atoms with Crippen LogP contribution < -0.4 is 0 Å². The maximum absolute atomic E-state index is 10.4. The first-order valence-corrected chi connectivity index (χ1v) is 5.27. The number of hydrogen-bond acceptors (Lipinski definition) is 4. The Bertz CT molecular complexity index is 248. The van der Waals surface area contributed by atoms with E-state index in [4.69, 9.17) is 20.4 Å². The van der Waals surface area contributed by atoms with Gasteiger partial charge in [-0.2, -0.15) is 0 Å². The van der Waals surface area contributed by atoms with Gasteiger partial charge >= 0.3 is 11.9 Å². The molecule has 2 unspecified atom stereocenters. The van der Waals surface area contributed by atoms with Gasteiger partial charge in [0.05, 0.1) is 18.3 Å². The molecule has 0 aliphatic heterocycles. The van der Waals surface area contributed by atoms with Crippen LogP contribution in [0.5, 0.6) is 0 Å². The van der Waals surface area contributed by atoms with E-state index in [1.54, 1.807) is 13.8 Å². The summed E-state index contributed by atoms with van der Waals surface area (Å²) in [4.78, 5) is 19.6. The summed E-state index contributed by atoms with van der Waals surface area (Å²) >= 11 is 0. The Labute approximate surface area is 114 Å². The molecular formula is C13H26O6. The molecule has 0 aromatic heterocycles. The Morgan fingerprint density at radius 3 is 1.63 bits per heavy atom. The van der Waals surface area contributed by atoms with Crippen molar-refractivity contribution in [2.24, 2.45) is 5.92 Å². The molecule has 0 bridgehead atoms. The van der Waals surface area contributed by atoms with E-state index in [9.17, 15) is 9.59 Å². The molecule has 19 heavy (non-hydrogen) atoms. The number of carbonyl (C=O) groups is 2. The lowest BCUT2D eigenvalue weighted by Gasteiger charge is -2.10. The van der Waals surface area contributed by atoms with Crippen LogP contribution in [0.1, 0.15) is 34.1 Å². The first kappa shape index (κ1) is 25.9. The molecule has 0 aromatic carbocycles. The van der Waals surface area contributed by atoms with Crippen LogP contribution in [0, 0.1) is 5.92 Å². The molecule has 0 saturated carbocycles. The summed E-state index contributed by atoms with van der Waals surface area (Å²) in [6.07, 6.45) is 2.01. The average molecular weight is 278 g/mol. The molecule has 114 valence electrons. The molecule has 0 saturated heterocycles. The Balaban J connectivity index is -0.000000106. The number of aliphatic hydroxyl groups excluding tert-OH is 2. The minimum absolute atomic E-state index is 0. The lowest BCUT2D eigenvalue weighted by Crippen LogP contribution is -2.17. The summed E-state index contributed by atoms with van der Waals surface area (Å²) in [5.74, 6) is -2.19. The highest BCUT2D eigenvalue weighted by Crippen LogP contribution is 2.10. The van der Waals surface area contributed by atoms with Crippen LogP contribution in [-0.4, -0.2) is 38.5 Å². The maximum atomic E-state index is 10.4. The molecule has 0 amide bonds. The fraction of sp³-hybridized carbons (Fsp3) is 0.538. The highest BCUT2D eigenvalue weighted by atomic mass is 16.4. The van der Waals surface area contributed by atoms with Gasteiger partial charge < -0.3 is 20.4 Å². The van der Waals surface area contributed by atoms with Gasteiger partial charge in [0.2, 0.25) is 0 Å². The predicted octanol–water partition coefficient (Wildman–Crippen LogP) is 2.45. The molecule has 0 fully saturated rings. The van der Waals surface area contributed by atoms with Crippen LogP contribution in [0.4, 0.5) is 0 Å². The van der Waals surface area contributed by atoms with Crippen molar-refractivity contribution >= 4 is 11.9 Å². The molecular weight excluding hydrogens is 252 g/mol. The van der Waals surface area contributed by atoms with Crippen molar-refractivity contribution in [1.82, 2.24) is 0 Å². The van der Waals surface area contributed by atoms with E-state index in [0.717, 1.165) is 12.3 Å². The van der Waals surface area contributed by atoms with Gasteiger partial charge in [-0.15, -0.1) is 0 Å². The summed E-state index contributed by atoms with van der Waals surface area (Å²) in [5, 5.41) is 32.3. The zero-order valence-electron chi connectivity index (χ0n) is 10.7. The van der Waals surface area contributed by atoms with Crippen molar-refractivity contribution in [3.05, 3.63) is 25.5 Å². The zero-order valence-corrected chi connectivity index (χ0v) is 10.7. The van der Waals surface area contributed by atoms with E-state index >= 15 is 0 Å². The lowest BCUT2D eigenvalue weighted by atomic mass is 10.00. The second kappa shape index (κ2) is 18.5. The monoisotopic (exact) mass is 278 g/mol. The van der Waals surface area contributed by atoms with Crippen molar-refractivity contribution in [1.29, 1.82) is 0 Å². The Hall–Kier alpha value is -1.82. The normalized spacial score (nSPS) is 10.9. The van der Waals surface area contributed by atoms with Crippen LogP contribution in [-0.2, 0) is 9.59 Å². The SMILES string of the molecule is C.C=CC(=O)O.C=CO.CCC(CC(C)O)C(=O)O. The molecule has 6 heteroatoms. The van der Waals surface area contributed by atoms with Gasteiger partial charge in [0, 0.05) is 6.08 Å². The van der Waals surface area contributed by atoms with E-state index in [0.29, 0.717) is 12.8 Å². The first-order chi connectivity index (χ1) is 8.26. The number of aliphatic hydroxyl groups is 2. The molecule has 4 N–H and O–H groups in total. The van der Waals surface area contributed by atoms with Gasteiger partial charge in [0.25, 0.3) is 0 Å². The smallest absolute Gasteiger partial charge is 0.327 e. The van der Waals surface area contributed by atoms with Gasteiger partial charge in [-0.05, 0) is 19.8 Å². The third-order valence-corrected chi connectivity index (χ3v) is 1.64. The van der Waals surface area contributed by atoms with Gasteiger partial charge in [-0.25, -0.2) is 4.79 Å². The van der Waals surface area contributed by atoms with Crippen molar-refractivity contribution in [3.63, 3.8) is 0 Å². The van der Waals surface area contributed by atoms with E-state index in [1.165, 1.54) is 0 Å². The van der Waals surface area contributed by atoms with E-state index in [2.05, 4.69) is 13.2 Å². The molecule has 0 radical (unpaired) electrons. The molecule has 6 nitrogen and oxygen atoms in total. The van der Waals surface area contributed by atoms with Crippen LogP contribution in [0.3, 0.4) is 0 Å². The lowest BCUT2D eigenvalue weighted by molar-refractivity contribution is -0.142. The average Bonchev–Trinajstić information content (AvgIpc) is 2.27. The number of carboxylic acid groups (broad SMARTS) is 2. The fourth-order valence-electron chi connectivity index (χ4n) is 0.854. The number of aliphatic carboxylic acids is 2. The second-order valence-electron chi connectivity index (χ2n) is 3.25. The van der Waals surface area contributed by atoms with Crippen molar-refractivity contribution < 1.29 is 30.0 Å². The number of hydrogen-bond donors (Lipinski definition) is 4. The first-order valence-electron chi connectivity index (χ1n) is 5.27. The predicted molar refractivity (Wildman–Crippen MR) is 75.1 cm³/mol. The largest absolute Gasteiger partial charge is 0.516 e. The van der Waals surface area contributed by atoms with Crippen LogP contribution in [0.25, 0.3) is 0 Å². The van der Waals surface area contributed by atoms with Crippen LogP contribution in [0.2, 0.25) is 0 Å². The van der Waals surface area contributed by atoms with Crippen LogP contribution >= 0.6 is 0 Å². The van der Waals surface area contributed by atoms with E-state index < -0.39 is 18.0 Å². The summed E-state index contributed by atoms with van der Waals surface area (Å²) < 4.78 is 0. The third kappa shape index (κ3) is 31.4. The van der Waals surface area contributed by atoms with Gasteiger partial charge in [0.1, 0.15) is 0 Å². The minimum Gasteiger partial charge on any atom is -0.516 e. The zero-order chi connectivity index (χ0) is 15.1. The summed E-state index contributed by atoms with van der Waals surface area (Å²) in [6.45, 7) is 9.29. The van der Waals surface area contributed by atoms with E-state index in [1.807, 2.05) is 0 Å². The number of rotatable bonds is 5. The minimum atomic E-state index is -0.981. The molecule has 0 aliphatic carbocycles. The highest BCUT2D eigenvalue weighted by molar-refractivity contribution is 5.78. The van der Waals surface area contributed by atoms with Crippen LogP contribution in [0.15, 0.2) is 25.5 Å². The van der Waals surface area contributed by atoms with Gasteiger partial charge in [-0.3, -0.25) is 4.79 Å². The van der Waals surface area contributed by atoms with Crippen molar-refractivity contribution in [3.8, 4) is 0 Å². The summed E-state index contributed by atoms with van der Waals surface area (Å²) in [7, 11) is 0. The molecule has 0 rings (SSSR count). The molecule has 0 spiro atoms. The van der Waals surface area contributed by atoms with Crippen molar-refractivity contribution in [2.45, 2.75) is 40.2 Å². The summed E-state index contributed by atoms with van der Waals surface area (Å²) in [5.41, 5.74) is 0. The fourth-order valence-corrected chi connectivity index (χ4v) is 0.854. The standard InChI is InChI=1S/C7H14O3.C3H4O2.C2H4O.CH4/c1-3-6(7(9)10)4-5(2)8;1-2-3(4)5;1-2-3;/h5-6,8H,3-4H2,1-2H3,(H,9,10);2H,1H2,(H,4,5);2-3H,1H2;1H4. The maximum Gasteiger partial charge on any atom is 0.327 e. The Morgan fingerprint density at radius 1 is 1.26 bits per heavy atom. The molecule has 0 aliphatic rings. The topological polar surface area (TPSA) is 115 Å². The van der Waals surface area contributed by atoms with Crippen molar-refractivity contribution in [2.75, 3.05) is 0 Å². The van der Waals surface area contributed by atoms with E-state index in [-0.39, 0.29) is 13.3 Å².